The quantitative estimate of drug-likeness (QED) is 0.827. The van der Waals surface area contributed by atoms with E-state index in [9.17, 15) is 0 Å². The summed E-state index contributed by atoms with van der Waals surface area (Å²) in [5.41, 5.74) is 8.71. The minimum atomic E-state index is -0.0590. The number of halogens is 1. The van der Waals surface area contributed by atoms with E-state index in [1.807, 2.05) is 12.1 Å². The van der Waals surface area contributed by atoms with Gasteiger partial charge in [-0.25, -0.2) is 4.98 Å². The topological polar surface area (TPSA) is 43.8 Å². The van der Waals surface area contributed by atoms with Gasteiger partial charge in [-0.05, 0) is 30.0 Å². The molecule has 128 valence electrons. The number of aromatic nitrogens is 2. The van der Waals surface area contributed by atoms with Gasteiger partial charge in [-0.3, -0.25) is 0 Å². The molecule has 0 bridgehead atoms. The zero-order chi connectivity index (χ0) is 17.3. The monoisotopic (exact) mass is 343 g/mol. The van der Waals surface area contributed by atoms with Crippen LogP contribution in [0.15, 0.2) is 47.5 Å². The minimum absolute atomic E-state index is 0.0590. The highest BCUT2D eigenvalue weighted by Crippen LogP contribution is 2.31. The van der Waals surface area contributed by atoms with Gasteiger partial charge < -0.3 is 10.3 Å². The zero-order valence-corrected chi connectivity index (χ0v) is 15.4. The van der Waals surface area contributed by atoms with Crippen LogP contribution in [-0.4, -0.2) is 9.55 Å². The van der Waals surface area contributed by atoms with Gasteiger partial charge in [0.25, 0.3) is 0 Å². The van der Waals surface area contributed by atoms with Crippen molar-refractivity contribution in [3.05, 3.63) is 53.4 Å². The molecule has 3 rings (SSSR count). The molecule has 0 saturated heterocycles. The Morgan fingerprint density at radius 2 is 2.08 bits per heavy atom. The fraction of sp³-hybridized carbons (Fsp3) is 0.450. The Kier molecular flexibility index (Phi) is 5.12. The first kappa shape index (κ1) is 17.2. The highest BCUT2D eigenvalue weighted by Gasteiger charge is 2.24. The molecular formula is C20H26ClN3. The van der Waals surface area contributed by atoms with Gasteiger partial charge in [0.2, 0.25) is 0 Å². The number of allylic oxidation sites excluding steroid dienone is 4. The van der Waals surface area contributed by atoms with Crippen molar-refractivity contribution in [1.82, 2.24) is 9.55 Å². The Bertz CT molecular complexity index is 774. The molecule has 1 aliphatic carbocycles. The van der Waals surface area contributed by atoms with Crippen molar-refractivity contribution in [2.45, 2.75) is 39.8 Å². The van der Waals surface area contributed by atoms with Crippen molar-refractivity contribution in [3.63, 3.8) is 0 Å². The molecule has 2 N–H and O–H groups in total. The number of hydrogen-bond acceptors (Lipinski definition) is 2. The van der Waals surface area contributed by atoms with Crippen molar-refractivity contribution >= 4 is 22.6 Å². The molecule has 0 saturated carbocycles. The maximum atomic E-state index is 6.54. The Labute approximate surface area is 149 Å². The van der Waals surface area contributed by atoms with E-state index in [-0.39, 0.29) is 6.04 Å². The van der Waals surface area contributed by atoms with Gasteiger partial charge in [-0.1, -0.05) is 63.1 Å². The predicted octanol–water partition coefficient (Wildman–Crippen LogP) is 5.03. The van der Waals surface area contributed by atoms with Gasteiger partial charge in [0, 0.05) is 17.5 Å². The molecule has 0 radical (unpaired) electrons. The maximum Gasteiger partial charge on any atom is 0.127 e. The molecule has 0 fully saturated rings. The largest absolute Gasteiger partial charge is 0.326 e. The van der Waals surface area contributed by atoms with Crippen molar-refractivity contribution in [3.8, 4) is 0 Å². The van der Waals surface area contributed by atoms with Crippen LogP contribution < -0.4 is 5.73 Å². The lowest BCUT2D eigenvalue weighted by Crippen LogP contribution is -2.25. The Hall–Kier alpha value is -1.58. The third-order valence-electron chi connectivity index (χ3n) is 5.24. The average molecular weight is 344 g/mol. The standard InChI is InChI=1S/C20H26ClN3/c1-4-13(2)19(22)20-23-17-7-5-6-8-18(17)24(20)12-15-11-16(21)10-9-14(15)3/h5-11,13-15,19H,4,12,22H2,1-3H3/t13?,14?,15?,19-/m0/s1. The molecule has 3 unspecified atom stereocenters. The Morgan fingerprint density at radius 1 is 1.33 bits per heavy atom. The van der Waals surface area contributed by atoms with E-state index in [0.717, 1.165) is 34.9 Å². The first-order valence-electron chi connectivity index (χ1n) is 8.77. The van der Waals surface area contributed by atoms with Crippen LogP contribution in [0.5, 0.6) is 0 Å². The number of imidazole rings is 1. The number of rotatable bonds is 5. The van der Waals surface area contributed by atoms with E-state index < -0.39 is 0 Å². The zero-order valence-electron chi connectivity index (χ0n) is 14.6. The average Bonchev–Trinajstić information content (AvgIpc) is 2.95. The van der Waals surface area contributed by atoms with E-state index >= 15 is 0 Å². The van der Waals surface area contributed by atoms with E-state index in [4.69, 9.17) is 22.3 Å². The van der Waals surface area contributed by atoms with E-state index in [2.05, 4.69) is 55.7 Å². The summed E-state index contributed by atoms with van der Waals surface area (Å²) in [6, 6.07) is 8.22. The van der Waals surface area contributed by atoms with E-state index in [1.54, 1.807) is 0 Å². The Morgan fingerprint density at radius 3 is 2.83 bits per heavy atom. The summed E-state index contributed by atoms with van der Waals surface area (Å²) in [5.74, 6) is 2.17. The van der Waals surface area contributed by atoms with Crippen molar-refractivity contribution < 1.29 is 0 Å². The van der Waals surface area contributed by atoms with Crippen molar-refractivity contribution in [2.24, 2.45) is 23.5 Å². The third-order valence-corrected chi connectivity index (χ3v) is 5.49. The molecule has 1 heterocycles. The molecule has 1 aromatic carbocycles. The molecule has 4 atom stereocenters. The number of nitrogens with two attached hydrogens (primary N) is 1. The Balaban J connectivity index is 2.03. The van der Waals surface area contributed by atoms with E-state index in [1.165, 1.54) is 0 Å². The number of hydrogen-bond donors (Lipinski definition) is 1. The number of benzene rings is 1. The lowest BCUT2D eigenvalue weighted by Gasteiger charge is -2.25. The second-order valence-electron chi connectivity index (χ2n) is 6.91. The summed E-state index contributed by atoms with van der Waals surface area (Å²) >= 11 is 6.24. The molecule has 0 aliphatic heterocycles. The van der Waals surface area contributed by atoms with Gasteiger partial charge in [0.1, 0.15) is 5.82 Å². The van der Waals surface area contributed by atoms with Gasteiger partial charge in [0.15, 0.2) is 0 Å². The van der Waals surface area contributed by atoms with Crippen LogP contribution in [-0.2, 0) is 6.54 Å². The van der Waals surface area contributed by atoms with Crippen LogP contribution in [0, 0.1) is 17.8 Å². The second kappa shape index (κ2) is 7.12. The molecule has 0 amide bonds. The van der Waals surface area contributed by atoms with Crippen molar-refractivity contribution in [1.29, 1.82) is 0 Å². The molecular weight excluding hydrogens is 318 g/mol. The minimum Gasteiger partial charge on any atom is -0.326 e. The fourth-order valence-corrected chi connectivity index (χ4v) is 3.51. The number of nitrogens with zero attached hydrogens (tertiary/aromatic N) is 2. The van der Waals surface area contributed by atoms with Gasteiger partial charge in [-0.15, -0.1) is 0 Å². The SMILES string of the molecule is CCC(C)[C@H](N)c1nc2ccccc2n1CC1C=C(Cl)C=CC1C. The van der Waals surface area contributed by atoms with Gasteiger partial charge >= 0.3 is 0 Å². The maximum absolute atomic E-state index is 6.54. The van der Waals surface area contributed by atoms with Crippen LogP contribution in [0.4, 0.5) is 0 Å². The molecule has 4 heteroatoms. The van der Waals surface area contributed by atoms with E-state index in [0.29, 0.717) is 17.8 Å². The first-order valence-corrected chi connectivity index (χ1v) is 9.15. The van der Waals surface area contributed by atoms with Crippen LogP contribution in [0.1, 0.15) is 39.1 Å². The summed E-state index contributed by atoms with van der Waals surface area (Å²) < 4.78 is 2.30. The molecule has 3 nitrogen and oxygen atoms in total. The summed E-state index contributed by atoms with van der Waals surface area (Å²) in [6.45, 7) is 7.45. The van der Waals surface area contributed by atoms with Crippen LogP contribution in [0.25, 0.3) is 11.0 Å². The van der Waals surface area contributed by atoms with Crippen molar-refractivity contribution in [2.75, 3.05) is 0 Å². The molecule has 2 aromatic rings. The predicted molar refractivity (Wildman–Crippen MR) is 102 cm³/mol. The summed E-state index contributed by atoms with van der Waals surface area (Å²) in [5, 5.41) is 0.815. The second-order valence-corrected chi connectivity index (χ2v) is 7.35. The lowest BCUT2D eigenvalue weighted by molar-refractivity contribution is 0.391. The summed E-state index contributed by atoms with van der Waals surface area (Å²) in [7, 11) is 0. The van der Waals surface area contributed by atoms with Gasteiger partial charge in [-0.2, -0.15) is 0 Å². The third kappa shape index (κ3) is 3.28. The highest BCUT2D eigenvalue weighted by molar-refractivity contribution is 6.31. The highest BCUT2D eigenvalue weighted by atomic mass is 35.5. The molecule has 1 aromatic heterocycles. The number of para-hydroxylation sites is 2. The fourth-order valence-electron chi connectivity index (χ4n) is 3.28. The van der Waals surface area contributed by atoms with Crippen LogP contribution in [0.3, 0.4) is 0 Å². The van der Waals surface area contributed by atoms with Crippen LogP contribution in [0.2, 0.25) is 0 Å². The number of fused-ring (bicyclic) bond motifs is 1. The summed E-state index contributed by atoms with van der Waals surface area (Å²) in [4.78, 5) is 4.86. The first-order chi connectivity index (χ1) is 11.5. The lowest BCUT2D eigenvalue weighted by atomic mass is 9.89. The normalized spacial score (nSPS) is 23.3. The van der Waals surface area contributed by atoms with Crippen LogP contribution >= 0.6 is 11.6 Å². The summed E-state index contributed by atoms with van der Waals surface area (Å²) in [6.07, 6.45) is 7.36. The molecule has 24 heavy (non-hydrogen) atoms. The molecule has 0 spiro atoms. The van der Waals surface area contributed by atoms with Gasteiger partial charge in [0.05, 0.1) is 17.1 Å². The smallest absolute Gasteiger partial charge is 0.127 e. The molecule has 1 aliphatic rings.